The maximum absolute atomic E-state index is 10.0. The molecule has 1 aliphatic heterocycles. The molecule has 2 atom stereocenters. The molecule has 1 aliphatic carbocycles. The monoisotopic (exact) mass is 245 g/mol. The predicted molar refractivity (Wildman–Crippen MR) is 73.9 cm³/mol. The normalized spacial score (nSPS) is 27.6. The summed E-state index contributed by atoms with van der Waals surface area (Å²) in [4.78, 5) is 2.68. The maximum Gasteiger partial charge on any atom is 0.119 e. The van der Waals surface area contributed by atoms with Gasteiger partial charge in [-0.05, 0) is 68.3 Å². The van der Waals surface area contributed by atoms with Gasteiger partial charge in [0.25, 0.3) is 0 Å². The molecule has 1 aromatic rings. The van der Waals surface area contributed by atoms with E-state index in [0.29, 0.717) is 11.8 Å². The maximum atomic E-state index is 10.0. The van der Waals surface area contributed by atoms with Gasteiger partial charge in [-0.1, -0.05) is 19.1 Å². The van der Waals surface area contributed by atoms with Crippen molar-refractivity contribution in [3.63, 3.8) is 0 Å². The van der Waals surface area contributed by atoms with Gasteiger partial charge < -0.3 is 5.11 Å². The number of phenols is 1. The first kappa shape index (κ1) is 12.0. The molecule has 0 radical (unpaired) electrons. The van der Waals surface area contributed by atoms with Gasteiger partial charge in [0.15, 0.2) is 0 Å². The first-order valence-corrected chi connectivity index (χ1v) is 7.33. The molecule has 0 saturated carbocycles. The SMILES string of the molecule is CCCN1CCC[C@@H]2Cc3c(O)cccc3C[C@H]21. The second-order valence-electron chi connectivity index (χ2n) is 5.83. The Morgan fingerprint density at radius 2 is 2.22 bits per heavy atom. The van der Waals surface area contributed by atoms with Crippen molar-refractivity contribution in [2.24, 2.45) is 5.92 Å². The average molecular weight is 245 g/mol. The Bertz CT molecular complexity index is 427. The summed E-state index contributed by atoms with van der Waals surface area (Å²) in [5.41, 5.74) is 2.59. The number of hydrogen-bond donors (Lipinski definition) is 1. The standard InChI is InChI=1S/C16H23NO/c1-2-8-17-9-4-6-13-10-14-12(11-15(13)17)5-3-7-16(14)18/h3,5,7,13,15,18H,2,4,6,8-11H2,1H3/t13-,15-/m1/s1. The molecule has 2 nitrogen and oxygen atoms in total. The summed E-state index contributed by atoms with van der Waals surface area (Å²) in [5.74, 6) is 1.27. The van der Waals surface area contributed by atoms with Crippen LogP contribution in [0.25, 0.3) is 0 Å². The topological polar surface area (TPSA) is 23.5 Å². The lowest BCUT2D eigenvalue weighted by atomic mass is 9.75. The predicted octanol–water partition coefficient (Wildman–Crippen LogP) is 2.98. The van der Waals surface area contributed by atoms with E-state index < -0.39 is 0 Å². The van der Waals surface area contributed by atoms with Crippen molar-refractivity contribution in [3.8, 4) is 5.75 Å². The number of likely N-dealkylation sites (tertiary alicyclic amines) is 1. The third kappa shape index (κ3) is 2.03. The molecule has 1 heterocycles. The molecule has 2 heteroatoms. The van der Waals surface area contributed by atoms with Crippen LogP contribution >= 0.6 is 0 Å². The largest absolute Gasteiger partial charge is 0.508 e. The first-order valence-electron chi connectivity index (χ1n) is 7.33. The van der Waals surface area contributed by atoms with Crippen LogP contribution in [0.2, 0.25) is 0 Å². The second kappa shape index (κ2) is 4.93. The summed E-state index contributed by atoms with van der Waals surface area (Å²) in [6.45, 7) is 4.77. The Hall–Kier alpha value is -1.02. The highest BCUT2D eigenvalue weighted by Crippen LogP contribution is 2.38. The van der Waals surface area contributed by atoms with Crippen molar-refractivity contribution in [1.82, 2.24) is 4.90 Å². The van der Waals surface area contributed by atoms with Crippen molar-refractivity contribution in [1.29, 1.82) is 0 Å². The second-order valence-corrected chi connectivity index (χ2v) is 5.83. The molecule has 1 aromatic carbocycles. The quantitative estimate of drug-likeness (QED) is 0.866. The Labute approximate surface area is 110 Å². The lowest BCUT2D eigenvalue weighted by Crippen LogP contribution is -2.49. The van der Waals surface area contributed by atoms with Crippen molar-refractivity contribution >= 4 is 0 Å². The van der Waals surface area contributed by atoms with Gasteiger partial charge in [-0.25, -0.2) is 0 Å². The number of nitrogens with zero attached hydrogens (tertiary/aromatic N) is 1. The van der Waals surface area contributed by atoms with Gasteiger partial charge in [-0.2, -0.15) is 0 Å². The van der Waals surface area contributed by atoms with Crippen molar-refractivity contribution in [3.05, 3.63) is 29.3 Å². The molecule has 2 aliphatic rings. The van der Waals surface area contributed by atoms with E-state index in [2.05, 4.69) is 17.9 Å². The number of hydrogen-bond acceptors (Lipinski definition) is 2. The van der Waals surface area contributed by atoms with Crippen LogP contribution in [0.5, 0.6) is 5.75 Å². The molecular formula is C16H23NO. The van der Waals surface area contributed by atoms with E-state index in [0.717, 1.165) is 18.8 Å². The third-order valence-corrected chi connectivity index (χ3v) is 4.69. The van der Waals surface area contributed by atoms with Gasteiger partial charge >= 0.3 is 0 Å². The molecule has 1 N–H and O–H groups in total. The van der Waals surface area contributed by atoms with Crippen LogP contribution in [0, 0.1) is 5.92 Å². The van der Waals surface area contributed by atoms with Crippen molar-refractivity contribution < 1.29 is 5.11 Å². The molecule has 0 bridgehead atoms. The van der Waals surface area contributed by atoms with Crippen LogP contribution < -0.4 is 0 Å². The lowest BCUT2D eigenvalue weighted by Gasteiger charge is -2.44. The molecule has 18 heavy (non-hydrogen) atoms. The van der Waals surface area contributed by atoms with Gasteiger partial charge in [0, 0.05) is 6.04 Å². The first-order chi connectivity index (χ1) is 8.79. The van der Waals surface area contributed by atoms with Gasteiger partial charge in [0.1, 0.15) is 5.75 Å². The molecule has 3 rings (SSSR count). The van der Waals surface area contributed by atoms with Gasteiger partial charge in [-0.3, -0.25) is 4.90 Å². The molecular weight excluding hydrogens is 222 g/mol. The van der Waals surface area contributed by atoms with E-state index in [1.165, 1.54) is 43.5 Å². The summed E-state index contributed by atoms with van der Waals surface area (Å²) in [6, 6.07) is 6.74. The van der Waals surface area contributed by atoms with E-state index in [1.807, 2.05) is 12.1 Å². The zero-order valence-corrected chi connectivity index (χ0v) is 11.2. The van der Waals surface area contributed by atoms with E-state index in [-0.39, 0.29) is 0 Å². The van der Waals surface area contributed by atoms with Crippen LogP contribution in [-0.4, -0.2) is 29.1 Å². The fourth-order valence-corrected chi connectivity index (χ4v) is 3.85. The van der Waals surface area contributed by atoms with E-state index in [4.69, 9.17) is 0 Å². The number of rotatable bonds is 2. The third-order valence-electron chi connectivity index (χ3n) is 4.69. The van der Waals surface area contributed by atoms with Crippen LogP contribution in [0.15, 0.2) is 18.2 Å². The zero-order chi connectivity index (χ0) is 12.5. The van der Waals surface area contributed by atoms with Crippen LogP contribution in [0.4, 0.5) is 0 Å². The number of piperidine rings is 1. The minimum atomic E-state index is 0.513. The van der Waals surface area contributed by atoms with Crippen molar-refractivity contribution in [2.75, 3.05) is 13.1 Å². The molecule has 98 valence electrons. The molecule has 1 saturated heterocycles. The minimum Gasteiger partial charge on any atom is -0.508 e. The summed E-state index contributed by atoms with van der Waals surface area (Å²) < 4.78 is 0. The fourth-order valence-electron chi connectivity index (χ4n) is 3.85. The minimum absolute atomic E-state index is 0.513. The zero-order valence-electron chi connectivity index (χ0n) is 11.2. The molecule has 0 aromatic heterocycles. The summed E-state index contributed by atoms with van der Waals surface area (Å²) >= 11 is 0. The van der Waals surface area contributed by atoms with Gasteiger partial charge in [0.05, 0.1) is 0 Å². The van der Waals surface area contributed by atoms with E-state index >= 15 is 0 Å². The van der Waals surface area contributed by atoms with Gasteiger partial charge in [0.2, 0.25) is 0 Å². The Kier molecular flexibility index (Phi) is 3.29. The van der Waals surface area contributed by atoms with Crippen LogP contribution in [0.1, 0.15) is 37.3 Å². The fraction of sp³-hybridized carbons (Fsp3) is 0.625. The van der Waals surface area contributed by atoms with Crippen LogP contribution in [-0.2, 0) is 12.8 Å². The van der Waals surface area contributed by atoms with E-state index in [1.54, 1.807) is 0 Å². The molecule has 0 spiro atoms. The van der Waals surface area contributed by atoms with E-state index in [9.17, 15) is 5.11 Å². The Morgan fingerprint density at radius 3 is 3.06 bits per heavy atom. The van der Waals surface area contributed by atoms with Crippen LogP contribution in [0.3, 0.4) is 0 Å². The van der Waals surface area contributed by atoms with Gasteiger partial charge in [-0.15, -0.1) is 0 Å². The highest BCUT2D eigenvalue weighted by atomic mass is 16.3. The Balaban J connectivity index is 1.88. The highest BCUT2D eigenvalue weighted by Gasteiger charge is 2.35. The Morgan fingerprint density at radius 1 is 1.33 bits per heavy atom. The summed E-state index contributed by atoms with van der Waals surface area (Å²) in [7, 11) is 0. The summed E-state index contributed by atoms with van der Waals surface area (Å²) in [6.07, 6.45) is 6.11. The summed E-state index contributed by atoms with van der Waals surface area (Å²) in [5, 5.41) is 10.0. The highest BCUT2D eigenvalue weighted by molar-refractivity contribution is 5.42. The number of fused-ring (bicyclic) bond motifs is 2. The smallest absolute Gasteiger partial charge is 0.119 e. The molecule has 0 unspecified atom stereocenters. The number of aromatic hydroxyl groups is 1. The lowest BCUT2D eigenvalue weighted by molar-refractivity contribution is 0.0849. The molecule has 1 fully saturated rings. The molecule has 0 amide bonds. The average Bonchev–Trinajstić information content (AvgIpc) is 2.38. The number of phenolic OH excluding ortho intramolecular Hbond substituents is 1. The number of benzene rings is 1. The van der Waals surface area contributed by atoms with Crippen molar-refractivity contribution in [2.45, 2.75) is 45.1 Å².